The minimum absolute atomic E-state index is 0.274. The summed E-state index contributed by atoms with van der Waals surface area (Å²) in [5, 5.41) is 9.59. The zero-order valence-electron chi connectivity index (χ0n) is 7.95. The summed E-state index contributed by atoms with van der Waals surface area (Å²) in [6.45, 7) is 2.31. The summed E-state index contributed by atoms with van der Waals surface area (Å²) >= 11 is 1.64. The first kappa shape index (κ1) is 10.6. The standard InChI is InChI=1S/C10H15NOS/c1-7-3-4-8(9(12)6-11)10(5-7)13-2/h3-5,9,12H,6,11H2,1-2H3. The van der Waals surface area contributed by atoms with E-state index in [9.17, 15) is 5.11 Å². The van der Waals surface area contributed by atoms with Crippen molar-refractivity contribution >= 4 is 11.8 Å². The van der Waals surface area contributed by atoms with Crippen molar-refractivity contribution in [3.63, 3.8) is 0 Å². The average molecular weight is 197 g/mol. The number of benzene rings is 1. The van der Waals surface area contributed by atoms with Crippen molar-refractivity contribution in [1.82, 2.24) is 0 Å². The lowest BCUT2D eigenvalue weighted by molar-refractivity contribution is 0.184. The van der Waals surface area contributed by atoms with Crippen molar-refractivity contribution in [3.8, 4) is 0 Å². The van der Waals surface area contributed by atoms with E-state index in [2.05, 4.69) is 6.07 Å². The van der Waals surface area contributed by atoms with Gasteiger partial charge in [-0.1, -0.05) is 12.1 Å². The fraction of sp³-hybridized carbons (Fsp3) is 0.400. The summed E-state index contributed by atoms with van der Waals surface area (Å²) in [4.78, 5) is 1.11. The van der Waals surface area contributed by atoms with Crippen LogP contribution in [0.1, 0.15) is 17.2 Å². The number of hydrogen-bond acceptors (Lipinski definition) is 3. The fourth-order valence-corrected chi connectivity index (χ4v) is 1.96. The highest BCUT2D eigenvalue weighted by molar-refractivity contribution is 7.98. The molecule has 0 spiro atoms. The zero-order valence-corrected chi connectivity index (χ0v) is 8.77. The van der Waals surface area contributed by atoms with Gasteiger partial charge in [0, 0.05) is 11.4 Å². The Bertz CT molecular complexity index is 288. The van der Waals surface area contributed by atoms with Crippen LogP contribution in [0.2, 0.25) is 0 Å². The van der Waals surface area contributed by atoms with E-state index < -0.39 is 6.10 Å². The van der Waals surface area contributed by atoms with Crippen LogP contribution >= 0.6 is 11.8 Å². The summed E-state index contributed by atoms with van der Waals surface area (Å²) in [6, 6.07) is 6.01. The summed E-state index contributed by atoms with van der Waals surface area (Å²) in [5.74, 6) is 0. The molecule has 3 N–H and O–H groups in total. The SMILES string of the molecule is CSc1cc(C)ccc1C(O)CN. The quantitative estimate of drug-likeness (QED) is 0.725. The molecule has 0 aromatic heterocycles. The predicted molar refractivity (Wildman–Crippen MR) is 57.0 cm³/mol. The second kappa shape index (κ2) is 4.65. The Kier molecular flexibility index (Phi) is 3.78. The number of aliphatic hydroxyl groups excluding tert-OH is 1. The molecule has 0 radical (unpaired) electrons. The Morgan fingerprint density at radius 3 is 2.77 bits per heavy atom. The Hall–Kier alpha value is -0.510. The minimum Gasteiger partial charge on any atom is -0.387 e. The number of nitrogens with two attached hydrogens (primary N) is 1. The Morgan fingerprint density at radius 1 is 1.54 bits per heavy atom. The molecule has 1 aromatic carbocycles. The van der Waals surface area contributed by atoms with Crippen molar-refractivity contribution in [3.05, 3.63) is 29.3 Å². The summed E-state index contributed by atoms with van der Waals surface area (Å²) in [7, 11) is 0. The van der Waals surface area contributed by atoms with E-state index in [1.54, 1.807) is 11.8 Å². The van der Waals surface area contributed by atoms with Crippen molar-refractivity contribution < 1.29 is 5.11 Å². The maximum Gasteiger partial charge on any atom is 0.0923 e. The molecular formula is C10H15NOS. The van der Waals surface area contributed by atoms with Crippen molar-refractivity contribution in [2.45, 2.75) is 17.9 Å². The van der Waals surface area contributed by atoms with Crippen LogP contribution < -0.4 is 5.73 Å². The molecular weight excluding hydrogens is 182 g/mol. The van der Waals surface area contributed by atoms with Crippen LogP contribution in [0, 0.1) is 6.92 Å². The minimum atomic E-state index is -0.539. The molecule has 0 saturated carbocycles. The largest absolute Gasteiger partial charge is 0.387 e. The molecule has 0 aliphatic heterocycles. The molecule has 0 bridgehead atoms. The van der Waals surface area contributed by atoms with Crippen LogP contribution in [-0.2, 0) is 0 Å². The van der Waals surface area contributed by atoms with Gasteiger partial charge in [0.2, 0.25) is 0 Å². The number of thioether (sulfide) groups is 1. The number of hydrogen-bond donors (Lipinski definition) is 2. The van der Waals surface area contributed by atoms with Gasteiger partial charge in [-0.05, 0) is 30.4 Å². The molecule has 0 amide bonds. The van der Waals surface area contributed by atoms with Gasteiger partial charge >= 0.3 is 0 Å². The fourth-order valence-electron chi connectivity index (χ4n) is 1.22. The van der Waals surface area contributed by atoms with Crippen LogP contribution in [0.15, 0.2) is 23.1 Å². The van der Waals surface area contributed by atoms with Gasteiger partial charge in [0.1, 0.15) is 0 Å². The first-order chi connectivity index (χ1) is 6.19. The van der Waals surface area contributed by atoms with Gasteiger partial charge < -0.3 is 10.8 Å². The van der Waals surface area contributed by atoms with Gasteiger partial charge in [0.05, 0.1) is 6.10 Å². The third kappa shape index (κ3) is 2.46. The molecule has 1 unspecified atom stereocenters. The zero-order chi connectivity index (χ0) is 9.84. The van der Waals surface area contributed by atoms with E-state index in [4.69, 9.17) is 5.73 Å². The topological polar surface area (TPSA) is 46.2 Å². The van der Waals surface area contributed by atoms with E-state index in [1.807, 2.05) is 25.3 Å². The predicted octanol–water partition coefficient (Wildman–Crippen LogP) is 1.71. The summed E-state index contributed by atoms with van der Waals surface area (Å²) < 4.78 is 0. The molecule has 72 valence electrons. The molecule has 0 aliphatic carbocycles. The van der Waals surface area contributed by atoms with Crippen LogP contribution in [-0.4, -0.2) is 17.9 Å². The second-order valence-electron chi connectivity index (χ2n) is 3.00. The van der Waals surface area contributed by atoms with Crippen LogP contribution in [0.3, 0.4) is 0 Å². The first-order valence-electron chi connectivity index (χ1n) is 4.21. The molecule has 1 aromatic rings. The molecule has 1 rings (SSSR count). The van der Waals surface area contributed by atoms with Gasteiger partial charge in [-0.15, -0.1) is 11.8 Å². The highest BCUT2D eigenvalue weighted by Gasteiger charge is 2.09. The third-order valence-corrected chi connectivity index (χ3v) is 2.76. The van der Waals surface area contributed by atoms with Gasteiger partial charge in [-0.25, -0.2) is 0 Å². The van der Waals surface area contributed by atoms with E-state index >= 15 is 0 Å². The smallest absolute Gasteiger partial charge is 0.0923 e. The van der Waals surface area contributed by atoms with Gasteiger partial charge in [0.25, 0.3) is 0 Å². The third-order valence-electron chi connectivity index (χ3n) is 1.97. The second-order valence-corrected chi connectivity index (χ2v) is 3.84. The normalized spacial score (nSPS) is 12.9. The summed E-state index contributed by atoms with van der Waals surface area (Å²) in [6.07, 6.45) is 1.46. The molecule has 2 nitrogen and oxygen atoms in total. The maximum atomic E-state index is 9.59. The van der Waals surface area contributed by atoms with Crippen molar-refractivity contribution in [1.29, 1.82) is 0 Å². The Labute approximate surface area is 83.1 Å². The average Bonchev–Trinajstić information content (AvgIpc) is 2.16. The number of aryl methyl sites for hydroxylation is 1. The number of aliphatic hydroxyl groups is 1. The molecule has 3 heteroatoms. The highest BCUT2D eigenvalue weighted by Crippen LogP contribution is 2.26. The van der Waals surface area contributed by atoms with Crippen molar-refractivity contribution in [2.75, 3.05) is 12.8 Å². The monoisotopic (exact) mass is 197 g/mol. The van der Waals surface area contributed by atoms with Gasteiger partial charge in [-0.2, -0.15) is 0 Å². The van der Waals surface area contributed by atoms with Crippen LogP contribution in [0.25, 0.3) is 0 Å². The maximum absolute atomic E-state index is 9.59. The van der Waals surface area contributed by atoms with Crippen LogP contribution in [0.4, 0.5) is 0 Å². The highest BCUT2D eigenvalue weighted by atomic mass is 32.2. The van der Waals surface area contributed by atoms with E-state index in [0.29, 0.717) is 0 Å². The molecule has 0 saturated heterocycles. The van der Waals surface area contributed by atoms with Crippen molar-refractivity contribution in [2.24, 2.45) is 5.73 Å². The lowest BCUT2D eigenvalue weighted by Crippen LogP contribution is -2.12. The molecule has 0 aliphatic rings. The van der Waals surface area contributed by atoms with Gasteiger partial charge in [-0.3, -0.25) is 0 Å². The Morgan fingerprint density at radius 2 is 2.23 bits per heavy atom. The lowest BCUT2D eigenvalue weighted by atomic mass is 10.1. The first-order valence-corrected chi connectivity index (χ1v) is 5.44. The van der Waals surface area contributed by atoms with E-state index in [1.165, 1.54) is 5.56 Å². The van der Waals surface area contributed by atoms with E-state index in [-0.39, 0.29) is 6.54 Å². The molecule has 13 heavy (non-hydrogen) atoms. The lowest BCUT2D eigenvalue weighted by Gasteiger charge is -2.12. The molecule has 0 heterocycles. The van der Waals surface area contributed by atoms with Gasteiger partial charge in [0.15, 0.2) is 0 Å². The Balaban J connectivity index is 3.05. The summed E-state index contributed by atoms with van der Waals surface area (Å²) in [5.41, 5.74) is 7.54. The molecule has 1 atom stereocenters. The van der Waals surface area contributed by atoms with Crippen LogP contribution in [0.5, 0.6) is 0 Å². The van der Waals surface area contributed by atoms with E-state index in [0.717, 1.165) is 10.5 Å². The number of rotatable bonds is 3. The molecule has 0 fully saturated rings.